The summed E-state index contributed by atoms with van der Waals surface area (Å²) >= 11 is 0. The molecule has 27 heavy (non-hydrogen) atoms. The van der Waals surface area contributed by atoms with Crippen LogP contribution in [0.4, 0.5) is 14.5 Å². The van der Waals surface area contributed by atoms with Crippen molar-refractivity contribution in [1.82, 2.24) is 0 Å². The molecular formula is C19H17F2NO5. The molecule has 142 valence electrons. The molecule has 1 aliphatic rings. The number of carbonyl (C=O) groups is 2. The van der Waals surface area contributed by atoms with Crippen LogP contribution in [0.2, 0.25) is 0 Å². The van der Waals surface area contributed by atoms with Crippen molar-refractivity contribution in [3.8, 4) is 11.5 Å². The fourth-order valence-corrected chi connectivity index (χ4v) is 2.58. The molecule has 1 atom stereocenters. The van der Waals surface area contributed by atoms with Crippen LogP contribution in [0.15, 0.2) is 48.5 Å². The van der Waals surface area contributed by atoms with Crippen molar-refractivity contribution < 1.29 is 32.6 Å². The summed E-state index contributed by atoms with van der Waals surface area (Å²) in [7, 11) is 0. The Labute approximate surface area is 154 Å². The Morgan fingerprint density at radius 2 is 1.81 bits per heavy atom. The molecule has 0 aliphatic carbocycles. The van der Waals surface area contributed by atoms with Gasteiger partial charge >= 0.3 is 12.3 Å². The normalized spacial score (nSPS) is 15.1. The van der Waals surface area contributed by atoms with E-state index in [1.54, 1.807) is 0 Å². The Morgan fingerprint density at radius 1 is 1.11 bits per heavy atom. The minimum Gasteiger partial charge on any atom is -0.456 e. The molecule has 2 aromatic rings. The summed E-state index contributed by atoms with van der Waals surface area (Å²) in [4.78, 5) is 23.8. The van der Waals surface area contributed by atoms with Crippen molar-refractivity contribution >= 4 is 17.6 Å². The summed E-state index contributed by atoms with van der Waals surface area (Å²) in [6.45, 7) is 1.41. The number of rotatable bonds is 6. The number of esters is 1. The first-order chi connectivity index (χ1) is 12.8. The number of carbonyl (C=O) groups excluding carboxylic acids is 2. The lowest BCUT2D eigenvalue weighted by molar-refractivity contribution is -0.286. The molecule has 3 rings (SSSR count). The number of alkyl halides is 2. The lowest BCUT2D eigenvalue weighted by Gasteiger charge is -2.11. The molecule has 6 nitrogen and oxygen atoms in total. The van der Waals surface area contributed by atoms with Crippen molar-refractivity contribution in [3.63, 3.8) is 0 Å². The van der Waals surface area contributed by atoms with Gasteiger partial charge in [-0.05, 0) is 23.6 Å². The van der Waals surface area contributed by atoms with Gasteiger partial charge in [0, 0.05) is 11.8 Å². The van der Waals surface area contributed by atoms with Gasteiger partial charge in [-0.2, -0.15) is 0 Å². The van der Waals surface area contributed by atoms with Crippen molar-refractivity contribution in [2.24, 2.45) is 0 Å². The van der Waals surface area contributed by atoms with E-state index < -0.39 is 24.8 Å². The first kappa shape index (κ1) is 18.6. The molecule has 1 heterocycles. The highest BCUT2D eigenvalue weighted by molar-refractivity contribution is 5.93. The summed E-state index contributed by atoms with van der Waals surface area (Å²) in [5.74, 6) is -1.46. The van der Waals surface area contributed by atoms with E-state index in [1.165, 1.54) is 18.2 Å². The number of nitrogens with one attached hydrogen (secondary N) is 1. The van der Waals surface area contributed by atoms with Crippen LogP contribution < -0.4 is 14.8 Å². The third kappa shape index (κ3) is 4.93. The van der Waals surface area contributed by atoms with E-state index in [-0.39, 0.29) is 29.5 Å². The SMILES string of the molecule is C[C@H](CC(=O)OCC(=O)Nc1ccc2c(c1)OC(F)(F)O2)c1ccccc1. The smallest absolute Gasteiger partial charge is 0.456 e. The monoisotopic (exact) mass is 377 g/mol. The molecule has 1 aliphatic heterocycles. The number of hydrogen-bond acceptors (Lipinski definition) is 5. The van der Waals surface area contributed by atoms with Crippen LogP contribution in [-0.2, 0) is 14.3 Å². The Balaban J connectivity index is 1.47. The average Bonchev–Trinajstić information content (AvgIpc) is 2.94. The molecule has 0 aromatic heterocycles. The zero-order valence-electron chi connectivity index (χ0n) is 14.4. The summed E-state index contributed by atoms with van der Waals surface area (Å²) in [5, 5.41) is 2.44. The Kier molecular flexibility index (Phi) is 5.25. The van der Waals surface area contributed by atoms with E-state index in [1.807, 2.05) is 37.3 Å². The number of halogens is 2. The fraction of sp³-hybridized carbons (Fsp3) is 0.263. The maximum atomic E-state index is 13.0. The maximum Gasteiger partial charge on any atom is 0.586 e. The highest BCUT2D eigenvalue weighted by Gasteiger charge is 2.43. The minimum atomic E-state index is -3.73. The van der Waals surface area contributed by atoms with Crippen LogP contribution in [-0.4, -0.2) is 24.8 Å². The third-order valence-corrected chi connectivity index (χ3v) is 3.89. The van der Waals surface area contributed by atoms with Crippen LogP contribution in [0, 0.1) is 0 Å². The number of amides is 1. The molecule has 2 aromatic carbocycles. The van der Waals surface area contributed by atoms with E-state index in [2.05, 4.69) is 14.8 Å². The van der Waals surface area contributed by atoms with E-state index >= 15 is 0 Å². The third-order valence-electron chi connectivity index (χ3n) is 3.89. The van der Waals surface area contributed by atoms with E-state index in [9.17, 15) is 18.4 Å². The zero-order valence-corrected chi connectivity index (χ0v) is 14.4. The van der Waals surface area contributed by atoms with Gasteiger partial charge in [0.15, 0.2) is 18.1 Å². The van der Waals surface area contributed by atoms with Crippen LogP contribution >= 0.6 is 0 Å². The molecule has 1 N–H and O–H groups in total. The Morgan fingerprint density at radius 3 is 2.56 bits per heavy atom. The lowest BCUT2D eigenvalue weighted by atomic mass is 9.98. The van der Waals surface area contributed by atoms with Gasteiger partial charge in [-0.3, -0.25) is 9.59 Å². The van der Waals surface area contributed by atoms with Gasteiger partial charge < -0.3 is 19.5 Å². The number of fused-ring (bicyclic) bond motifs is 1. The van der Waals surface area contributed by atoms with E-state index in [0.29, 0.717) is 0 Å². The number of benzene rings is 2. The fourth-order valence-electron chi connectivity index (χ4n) is 2.58. The minimum absolute atomic E-state index is 0.0442. The summed E-state index contributed by atoms with van der Waals surface area (Å²) in [6.07, 6.45) is -3.59. The molecule has 0 saturated heterocycles. The van der Waals surface area contributed by atoms with Crippen LogP contribution in [0.3, 0.4) is 0 Å². The second-order valence-corrected chi connectivity index (χ2v) is 6.05. The number of hydrogen-bond donors (Lipinski definition) is 1. The molecule has 0 unspecified atom stereocenters. The second kappa shape index (κ2) is 7.61. The molecule has 1 amide bonds. The summed E-state index contributed by atoms with van der Waals surface area (Å²) < 4.78 is 39.5. The van der Waals surface area contributed by atoms with Gasteiger partial charge in [-0.25, -0.2) is 0 Å². The van der Waals surface area contributed by atoms with Gasteiger partial charge in [-0.1, -0.05) is 37.3 Å². The second-order valence-electron chi connectivity index (χ2n) is 6.05. The molecule has 0 bridgehead atoms. The molecular weight excluding hydrogens is 360 g/mol. The lowest BCUT2D eigenvalue weighted by Crippen LogP contribution is -2.25. The number of ether oxygens (including phenoxy) is 3. The molecule has 0 radical (unpaired) electrons. The van der Waals surface area contributed by atoms with Crippen molar-refractivity contribution in [2.75, 3.05) is 11.9 Å². The van der Waals surface area contributed by atoms with Gasteiger partial charge in [0.1, 0.15) is 0 Å². The highest BCUT2D eigenvalue weighted by Crippen LogP contribution is 2.42. The Hall–Kier alpha value is -3.16. The van der Waals surface area contributed by atoms with Crippen LogP contribution in [0.5, 0.6) is 11.5 Å². The van der Waals surface area contributed by atoms with Crippen molar-refractivity contribution in [2.45, 2.75) is 25.6 Å². The predicted molar refractivity (Wildman–Crippen MR) is 91.7 cm³/mol. The van der Waals surface area contributed by atoms with Crippen molar-refractivity contribution in [1.29, 1.82) is 0 Å². The number of anilines is 1. The van der Waals surface area contributed by atoms with Gasteiger partial charge in [-0.15, -0.1) is 8.78 Å². The largest absolute Gasteiger partial charge is 0.586 e. The van der Waals surface area contributed by atoms with Crippen LogP contribution in [0.1, 0.15) is 24.8 Å². The molecule has 0 spiro atoms. The molecule has 0 fully saturated rings. The standard InChI is InChI=1S/C19H17F2NO5/c1-12(13-5-3-2-4-6-13)9-18(24)25-11-17(23)22-14-7-8-15-16(10-14)27-19(20,21)26-15/h2-8,10,12H,9,11H2,1H3,(H,22,23)/t12-/m1/s1. The first-order valence-electron chi connectivity index (χ1n) is 8.23. The van der Waals surface area contributed by atoms with Crippen LogP contribution in [0.25, 0.3) is 0 Å². The molecule has 0 saturated carbocycles. The Bertz CT molecular complexity index is 841. The topological polar surface area (TPSA) is 73.9 Å². The summed E-state index contributed by atoms with van der Waals surface area (Å²) in [6, 6.07) is 13.3. The van der Waals surface area contributed by atoms with Crippen molar-refractivity contribution in [3.05, 3.63) is 54.1 Å². The van der Waals surface area contributed by atoms with Gasteiger partial charge in [0.25, 0.3) is 5.91 Å². The quantitative estimate of drug-likeness (QED) is 0.778. The van der Waals surface area contributed by atoms with E-state index in [4.69, 9.17) is 4.74 Å². The molecule has 8 heteroatoms. The summed E-state index contributed by atoms with van der Waals surface area (Å²) in [5.41, 5.74) is 1.21. The van der Waals surface area contributed by atoms with Gasteiger partial charge in [0.2, 0.25) is 0 Å². The zero-order chi connectivity index (χ0) is 19.4. The predicted octanol–water partition coefficient (Wildman–Crippen LogP) is 3.68. The maximum absolute atomic E-state index is 13.0. The average molecular weight is 377 g/mol. The first-order valence-corrected chi connectivity index (χ1v) is 8.23. The van der Waals surface area contributed by atoms with E-state index in [0.717, 1.165) is 5.56 Å². The van der Waals surface area contributed by atoms with Gasteiger partial charge in [0.05, 0.1) is 6.42 Å². The highest BCUT2D eigenvalue weighted by atomic mass is 19.3.